The molecule has 38 heavy (non-hydrogen) atoms. The number of aromatic amines is 1. The number of aryl methyl sites for hydroxylation is 1. The number of nitrogens with two attached hydrogens (primary N) is 1. The monoisotopic (exact) mass is 506 g/mol. The fourth-order valence-corrected chi connectivity index (χ4v) is 4.24. The lowest BCUT2D eigenvalue weighted by atomic mass is 10.0. The van der Waals surface area contributed by atoms with Crippen LogP contribution in [0, 0.1) is 0 Å². The Morgan fingerprint density at radius 1 is 0.895 bits per heavy atom. The number of nitrogens with zero attached hydrogens (tertiary/aromatic N) is 3. The molecule has 4 N–H and O–H groups in total. The van der Waals surface area contributed by atoms with E-state index in [0.717, 1.165) is 38.9 Å². The summed E-state index contributed by atoms with van der Waals surface area (Å²) in [7, 11) is 1.38. The number of benzene rings is 2. The standard InChI is InChI=1S/C29H26N6O3/c1-38-27(36)8-5-18-3-2-4-20(9-18)23-11-24(17-32-16-23)33-29(37)28-25-12-21(6-7-26(25)34-35-28)22-10-19(13-30)14-31-15-22/h2-4,6-7,9-12,14-17H,5,8,13,30H2,1H3,(H,33,37)(H,34,35). The van der Waals surface area contributed by atoms with Crippen LogP contribution in [-0.4, -0.2) is 39.2 Å². The summed E-state index contributed by atoms with van der Waals surface area (Å²) in [5, 5.41) is 10.8. The maximum atomic E-state index is 13.2. The van der Waals surface area contributed by atoms with Gasteiger partial charge in [0, 0.05) is 48.1 Å². The Labute approximate surface area is 219 Å². The number of carbonyl (C=O) groups is 2. The number of hydrogen-bond acceptors (Lipinski definition) is 7. The van der Waals surface area contributed by atoms with Gasteiger partial charge in [-0.2, -0.15) is 5.10 Å². The maximum Gasteiger partial charge on any atom is 0.305 e. The lowest BCUT2D eigenvalue weighted by Crippen LogP contribution is -2.13. The van der Waals surface area contributed by atoms with Gasteiger partial charge in [0.15, 0.2) is 5.69 Å². The van der Waals surface area contributed by atoms with Crippen LogP contribution in [0.2, 0.25) is 0 Å². The van der Waals surface area contributed by atoms with Crippen LogP contribution in [0.3, 0.4) is 0 Å². The van der Waals surface area contributed by atoms with Crippen LogP contribution in [0.4, 0.5) is 5.69 Å². The van der Waals surface area contributed by atoms with Gasteiger partial charge in [0.25, 0.3) is 5.91 Å². The predicted molar refractivity (Wildman–Crippen MR) is 145 cm³/mol. The van der Waals surface area contributed by atoms with Gasteiger partial charge in [0.2, 0.25) is 0 Å². The SMILES string of the molecule is COC(=O)CCc1cccc(-c2cncc(NC(=O)c3n[nH]c4ccc(-c5cncc(CN)c5)cc34)c2)c1. The third-order valence-corrected chi connectivity index (χ3v) is 6.24. The van der Waals surface area contributed by atoms with Crippen molar-refractivity contribution in [2.75, 3.05) is 12.4 Å². The molecule has 5 aromatic rings. The van der Waals surface area contributed by atoms with Crippen molar-refractivity contribution in [3.05, 3.63) is 96.2 Å². The fraction of sp³-hybridized carbons (Fsp3) is 0.138. The molecule has 3 aromatic heterocycles. The van der Waals surface area contributed by atoms with Crippen molar-refractivity contribution in [3.8, 4) is 22.3 Å². The number of esters is 1. The Morgan fingerprint density at radius 2 is 1.66 bits per heavy atom. The summed E-state index contributed by atoms with van der Waals surface area (Å²) in [6.07, 6.45) is 7.70. The first-order valence-corrected chi connectivity index (χ1v) is 12.1. The Bertz CT molecular complexity index is 1630. The Balaban J connectivity index is 1.37. The van der Waals surface area contributed by atoms with Crippen molar-refractivity contribution in [2.45, 2.75) is 19.4 Å². The average molecular weight is 507 g/mol. The number of methoxy groups -OCH3 is 1. The van der Waals surface area contributed by atoms with Crippen LogP contribution >= 0.6 is 0 Å². The second kappa shape index (κ2) is 11.0. The molecule has 1 amide bonds. The Kier molecular flexibility index (Phi) is 7.19. The molecule has 0 bridgehead atoms. The van der Waals surface area contributed by atoms with Crippen LogP contribution in [-0.2, 0) is 22.5 Å². The van der Waals surface area contributed by atoms with E-state index < -0.39 is 0 Å². The lowest BCUT2D eigenvalue weighted by Gasteiger charge is -2.08. The number of hydrogen-bond donors (Lipinski definition) is 3. The van der Waals surface area contributed by atoms with Gasteiger partial charge in [0.05, 0.1) is 24.5 Å². The topological polar surface area (TPSA) is 136 Å². The molecule has 0 aliphatic carbocycles. The van der Waals surface area contributed by atoms with Gasteiger partial charge in [-0.05, 0) is 52.9 Å². The zero-order valence-electron chi connectivity index (χ0n) is 20.8. The summed E-state index contributed by atoms with van der Waals surface area (Å²) < 4.78 is 4.73. The normalized spacial score (nSPS) is 10.9. The number of carbonyl (C=O) groups excluding carboxylic acids is 2. The molecular formula is C29H26N6O3. The van der Waals surface area contributed by atoms with Crippen molar-refractivity contribution in [1.82, 2.24) is 20.2 Å². The quantitative estimate of drug-likeness (QED) is 0.264. The summed E-state index contributed by atoms with van der Waals surface area (Å²) in [5.74, 6) is -0.603. The average Bonchev–Trinajstić information content (AvgIpc) is 3.40. The van der Waals surface area contributed by atoms with Crippen LogP contribution in [0.5, 0.6) is 0 Å². The number of nitrogens with one attached hydrogen (secondary N) is 2. The van der Waals surface area contributed by atoms with Crippen molar-refractivity contribution >= 4 is 28.5 Å². The van der Waals surface area contributed by atoms with Crippen LogP contribution < -0.4 is 11.1 Å². The first-order valence-electron chi connectivity index (χ1n) is 12.1. The molecule has 0 atom stereocenters. The fourth-order valence-electron chi connectivity index (χ4n) is 4.24. The largest absolute Gasteiger partial charge is 0.469 e. The van der Waals surface area contributed by atoms with Gasteiger partial charge in [-0.25, -0.2) is 0 Å². The molecule has 9 heteroatoms. The molecule has 0 aliphatic heterocycles. The van der Waals surface area contributed by atoms with Gasteiger partial charge >= 0.3 is 5.97 Å². The summed E-state index contributed by atoms with van der Waals surface area (Å²) in [5.41, 5.74) is 12.8. The molecule has 0 saturated heterocycles. The smallest absolute Gasteiger partial charge is 0.305 e. The predicted octanol–water partition coefficient (Wildman–Crippen LogP) is 4.50. The minimum atomic E-state index is -0.354. The molecule has 0 radical (unpaired) electrons. The van der Waals surface area contributed by atoms with Crippen molar-refractivity contribution in [1.29, 1.82) is 0 Å². The Morgan fingerprint density at radius 3 is 2.47 bits per heavy atom. The van der Waals surface area contributed by atoms with E-state index in [1.807, 2.05) is 54.6 Å². The summed E-state index contributed by atoms with van der Waals surface area (Å²) in [4.78, 5) is 33.3. The third kappa shape index (κ3) is 5.42. The molecule has 0 unspecified atom stereocenters. The van der Waals surface area contributed by atoms with Crippen LogP contribution in [0.1, 0.15) is 28.0 Å². The summed E-state index contributed by atoms with van der Waals surface area (Å²) >= 11 is 0. The minimum absolute atomic E-state index is 0.250. The van der Waals surface area contributed by atoms with Gasteiger partial charge in [-0.15, -0.1) is 0 Å². The molecule has 0 saturated carbocycles. The summed E-state index contributed by atoms with van der Waals surface area (Å²) in [6, 6.07) is 17.4. The molecule has 190 valence electrons. The highest BCUT2D eigenvalue weighted by Crippen LogP contribution is 2.27. The van der Waals surface area contributed by atoms with Gasteiger partial charge < -0.3 is 15.8 Å². The number of fused-ring (bicyclic) bond motifs is 1. The number of H-pyrrole nitrogens is 1. The zero-order valence-corrected chi connectivity index (χ0v) is 20.8. The number of ether oxygens (including phenoxy) is 1. The number of amides is 1. The van der Waals surface area contributed by atoms with E-state index in [2.05, 4.69) is 25.5 Å². The highest BCUT2D eigenvalue weighted by atomic mass is 16.5. The van der Waals surface area contributed by atoms with Gasteiger partial charge in [-0.3, -0.25) is 24.7 Å². The first-order chi connectivity index (χ1) is 18.5. The molecule has 0 aliphatic rings. The Hall–Kier alpha value is -4.89. The second-order valence-corrected chi connectivity index (χ2v) is 8.81. The zero-order chi connectivity index (χ0) is 26.5. The van der Waals surface area contributed by atoms with E-state index in [4.69, 9.17) is 10.5 Å². The van der Waals surface area contributed by atoms with E-state index in [-0.39, 0.29) is 17.6 Å². The number of aromatic nitrogens is 4. The van der Waals surface area contributed by atoms with Crippen molar-refractivity contribution < 1.29 is 14.3 Å². The molecule has 2 aromatic carbocycles. The highest BCUT2D eigenvalue weighted by Gasteiger charge is 2.16. The maximum absolute atomic E-state index is 13.2. The van der Waals surface area contributed by atoms with E-state index in [0.29, 0.717) is 30.5 Å². The van der Waals surface area contributed by atoms with Gasteiger partial charge in [0.1, 0.15) is 0 Å². The summed E-state index contributed by atoms with van der Waals surface area (Å²) in [6.45, 7) is 0.396. The molecule has 5 rings (SSSR count). The number of pyridine rings is 2. The number of anilines is 1. The third-order valence-electron chi connectivity index (χ3n) is 6.24. The molecule has 3 heterocycles. The lowest BCUT2D eigenvalue weighted by molar-refractivity contribution is -0.140. The van der Waals surface area contributed by atoms with Crippen molar-refractivity contribution in [3.63, 3.8) is 0 Å². The van der Waals surface area contributed by atoms with E-state index >= 15 is 0 Å². The second-order valence-electron chi connectivity index (χ2n) is 8.81. The molecule has 9 nitrogen and oxygen atoms in total. The van der Waals surface area contributed by atoms with Crippen molar-refractivity contribution in [2.24, 2.45) is 5.73 Å². The van der Waals surface area contributed by atoms with Crippen LogP contribution in [0.15, 0.2) is 79.4 Å². The van der Waals surface area contributed by atoms with E-state index in [1.165, 1.54) is 7.11 Å². The van der Waals surface area contributed by atoms with Gasteiger partial charge in [-0.1, -0.05) is 30.3 Å². The first kappa shape index (κ1) is 24.8. The molecule has 0 fully saturated rings. The minimum Gasteiger partial charge on any atom is -0.469 e. The molecular weight excluding hydrogens is 480 g/mol. The van der Waals surface area contributed by atoms with Crippen LogP contribution in [0.25, 0.3) is 33.2 Å². The highest BCUT2D eigenvalue weighted by molar-refractivity contribution is 6.11. The van der Waals surface area contributed by atoms with E-state index in [1.54, 1.807) is 24.8 Å². The number of rotatable bonds is 8. The molecule has 0 spiro atoms. The van der Waals surface area contributed by atoms with E-state index in [9.17, 15) is 9.59 Å².